The van der Waals surface area contributed by atoms with Crippen LogP contribution in [-0.4, -0.2) is 32.5 Å². The van der Waals surface area contributed by atoms with Crippen molar-refractivity contribution in [2.45, 2.75) is 37.4 Å². The Morgan fingerprint density at radius 2 is 1.79 bits per heavy atom. The van der Waals surface area contributed by atoms with E-state index in [1.54, 1.807) is 21.3 Å². The zero-order valence-electron chi connectivity index (χ0n) is 11.8. The SMILES string of the molecule is COc1ccc(C2(O)CCC(OC)CC2)c(OC)c1. The van der Waals surface area contributed by atoms with Crippen LogP contribution in [-0.2, 0) is 10.3 Å². The second-order valence-corrected chi connectivity index (χ2v) is 5.03. The first kappa shape index (κ1) is 14.2. The van der Waals surface area contributed by atoms with Gasteiger partial charge in [0.05, 0.1) is 25.9 Å². The molecule has 1 aliphatic rings. The Morgan fingerprint density at radius 1 is 1.11 bits per heavy atom. The monoisotopic (exact) mass is 266 g/mol. The average molecular weight is 266 g/mol. The van der Waals surface area contributed by atoms with Gasteiger partial charge in [-0.15, -0.1) is 0 Å². The second kappa shape index (κ2) is 5.80. The highest BCUT2D eigenvalue weighted by Gasteiger charge is 2.37. The molecule has 1 aliphatic carbocycles. The lowest BCUT2D eigenvalue weighted by Gasteiger charge is -2.36. The third-order valence-electron chi connectivity index (χ3n) is 4.00. The first-order valence-corrected chi connectivity index (χ1v) is 6.60. The van der Waals surface area contributed by atoms with Crippen LogP contribution in [0.25, 0.3) is 0 Å². The summed E-state index contributed by atoms with van der Waals surface area (Å²) >= 11 is 0. The van der Waals surface area contributed by atoms with Crippen molar-refractivity contribution in [3.05, 3.63) is 23.8 Å². The van der Waals surface area contributed by atoms with E-state index in [1.165, 1.54) is 0 Å². The molecule has 2 rings (SSSR count). The van der Waals surface area contributed by atoms with E-state index in [4.69, 9.17) is 14.2 Å². The van der Waals surface area contributed by atoms with E-state index in [2.05, 4.69) is 0 Å². The maximum Gasteiger partial charge on any atom is 0.128 e. The van der Waals surface area contributed by atoms with E-state index < -0.39 is 5.60 Å². The van der Waals surface area contributed by atoms with Gasteiger partial charge in [-0.3, -0.25) is 0 Å². The molecule has 0 spiro atoms. The maximum absolute atomic E-state index is 10.9. The summed E-state index contributed by atoms with van der Waals surface area (Å²) in [6.07, 6.45) is 3.36. The molecule has 106 valence electrons. The summed E-state index contributed by atoms with van der Waals surface area (Å²) in [5.74, 6) is 1.41. The summed E-state index contributed by atoms with van der Waals surface area (Å²) in [5, 5.41) is 10.9. The van der Waals surface area contributed by atoms with Crippen LogP contribution in [0.5, 0.6) is 11.5 Å². The first-order chi connectivity index (χ1) is 9.12. The number of hydrogen-bond donors (Lipinski definition) is 1. The van der Waals surface area contributed by atoms with Crippen LogP contribution in [0.15, 0.2) is 18.2 Å². The van der Waals surface area contributed by atoms with Crippen LogP contribution in [0.4, 0.5) is 0 Å². The second-order valence-electron chi connectivity index (χ2n) is 5.03. The summed E-state index contributed by atoms with van der Waals surface area (Å²) in [6.45, 7) is 0. The number of hydrogen-bond acceptors (Lipinski definition) is 4. The van der Waals surface area contributed by atoms with E-state index in [1.807, 2.05) is 18.2 Å². The molecule has 4 heteroatoms. The predicted molar refractivity (Wildman–Crippen MR) is 72.7 cm³/mol. The van der Waals surface area contributed by atoms with E-state index >= 15 is 0 Å². The van der Waals surface area contributed by atoms with Gasteiger partial charge in [-0.25, -0.2) is 0 Å². The number of aliphatic hydroxyl groups is 1. The van der Waals surface area contributed by atoms with Crippen LogP contribution in [0.1, 0.15) is 31.2 Å². The van der Waals surface area contributed by atoms with Gasteiger partial charge >= 0.3 is 0 Å². The van der Waals surface area contributed by atoms with Crippen molar-refractivity contribution >= 4 is 0 Å². The van der Waals surface area contributed by atoms with Crippen molar-refractivity contribution in [1.82, 2.24) is 0 Å². The Bertz CT molecular complexity index is 422. The van der Waals surface area contributed by atoms with Crippen molar-refractivity contribution in [3.8, 4) is 11.5 Å². The smallest absolute Gasteiger partial charge is 0.128 e. The highest BCUT2D eigenvalue weighted by molar-refractivity contribution is 5.44. The normalized spacial score (nSPS) is 27.1. The molecule has 0 atom stereocenters. The van der Waals surface area contributed by atoms with Crippen LogP contribution in [0, 0.1) is 0 Å². The van der Waals surface area contributed by atoms with Gasteiger partial charge in [0, 0.05) is 18.7 Å². The Labute approximate surface area is 114 Å². The molecule has 4 nitrogen and oxygen atoms in total. The van der Waals surface area contributed by atoms with Crippen molar-refractivity contribution in [1.29, 1.82) is 0 Å². The summed E-state index contributed by atoms with van der Waals surface area (Å²) in [6, 6.07) is 5.57. The number of ether oxygens (including phenoxy) is 3. The summed E-state index contributed by atoms with van der Waals surface area (Å²) in [7, 11) is 4.96. The maximum atomic E-state index is 10.9. The Kier molecular flexibility index (Phi) is 4.32. The molecule has 0 radical (unpaired) electrons. The third kappa shape index (κ3) is 2.85. The predicted octanol–water partition coefficient (Wildman–Crippen LogP) is 2.48. The molecule has 0 unspecified atom stereocenters. The molecule has 19 heavy (non-hydrogen) atoms. The van der Waals surface area contributed by atoms with E-state index in [0.717, 1.165) is 24.2 Å². The minimum atomic E-state index is -0.827. The lowest BCUT2D eigenvalue weighted by atomic mass is 9.78. The van der Waals surface area contributed by atoms with Gasteiger partial charge in [0.25, 0.3) is 0 Å². The van der Waals surface area contributed by atoms with Crippen LogP contribution in [0.3, 0.4) is 0 Å². The fourth-order valence-corrected chi connectivity index (χ4v) is 2.76. The molecule has 0 saturated heterocycles. The minimum absolute atomic E-state index is 0.254. The van der Waals surface area contributed by atoms with Gasteiger partial charge in [-0.2, -0.15) is 0 Å². The standard InChI is InChI=1S/C15H22O4/c1-17-11-6-8-15(16,9-7-11)13-5-4-12(18-2)10-14(13)19-3/h4-5,10-11,16H,6-9H2,1-3H3. The molecule has 0 aromatic heterocycles. The molecule has 1 N–H and O–H groups in total. The Hall–Kier alpha value is -1.26. The van der Waals surface area contributed by atoms with Gasteiger partial charge in [0.15, 0.2) is 0 Å². The molecule has 0 heterocycles. The fraction of sp³-hybridized carbons (Fsp3) is 0.600. The molecule has 0 aliphatic heterocycles. The van der Waals surface area contributed by atoms with Crippen molar-refractivity contribution in [2.24, 2.45) is 0 Å². The number of rotatable bonds is 4. The number of methoxy groups -OCH3 is 3. The van der Waals surface area contributed by atoms with Gasteiger partial charge in [0.2, 0.25) is 0 Å². The zero-order chi connectivity index (χ0) is 13.9. The van der Waals surface area contributed by atoms with Crippen molar-refractivity contribution < 1.29 is 19.3 Å². The molecular formula is C15H22O4. The van der Waals surface area contributed by atoms with Gasteiger partial charge < -0.3 is 19.3 Å². The van der Waals surface area contributed by atoms with Crippen molar-refractivity contribution in [3.63, 3.8) is 0 Å². The fourth-order valence-electron chi connectivity index (χ4n) is 2.76. The lowest BCUT2D eigenvalue weighted by molar-refractivity contribution is -0.0485. The Balaban J connectivity index is 2.25. The summed E-state index contributed by atoms with van der Waals surface area (Å²) < 4.78 is 15.9. The molecule has 0 bridgehead atoms. The van der Waals surface area contributed by atoms with Gasteiger partial charge in [0.1, 0.15) is 11.5 Å². The highest BCUT2D eigenvalue weighted by atomic mass is 16.5. The van der Waals surface area contributed by atoms with Crippen LogP contribution < -0.4 is 9.47 Å². The summed E-state index contributed by atoms with van der Waals surface area (Å²) in [4.78, 5) is 0. The minimum Gasteiger partial charge on any atom is -0.497 e. The van der Waals surface area contributed by atoms with E-state index in [0.29, 0.717) is 18.6 Å². The lowest BCUT2D eigenvalue weighted by Crippen LogP contribution is -2.34. The van der Waals surface area contributed by atoms with Crippen LogP contribution in [0.2, 0.25) is 0 Å². The van der Waals surface area contributed by atoms with E-state index in [-0.39, 0.29) is 6.10 Å². The third-order valence-corrected chi connectivity index (χ3v) is 4.00. The molecule has 1 aromatic carbocycles. The molecular weight excluding hydrogens is 244 g/mol. The molecule has 0 amide bonds. The molecule has 1 saturated carbocycles. The van der Waals surface area contributed by atoms with Gasteiger partial charge in [-0.1, -0.05) is 0 Å². The zero-order valence-corrected chi connectivity index (χ0v) is 11.8. The Morgan fingerprint density at radius 3 is 2.32 bits per heavy atom. The molecule has 1 aromatic rings. The topological polar surface area (TPSA) is 47.9 Å². The largest absolute Gasteiger partial charge is 0.497 e. The first-order valence-electron chi connectivity index (χ1n) is 6.60. The van der Waals surface area contributed by atoms with Gasteiger partial charge in [-0.05, 0) is 37.8 Å². The number of benzene rings is 1. The van der Waals surface area contributed by atoms with Crippen LogP contribution >= 0.6 is 0 Å². The van der Waals surface area contributed by atoms with Crippen molar-refractivity contribution in [2.75, 3.05) is 21.3 Å². The quantitative estimate of drug-likeness (QED) is 0.909. The summed E-state index contributed by atoms with van der Waals surface area (Å²) in [5.41, 5.74) is 0.0115. The van der Waals surface area contributed by atoms with E-state index in [9.17, 15) is 5.11 Å². The molecule has 1 fully saturated rings. The average Bonchev–Trinajstić information content (AvgIpc) is 2.47. The highest BCUT2D eigenvalue weighted by Crippen LogP contribution is 2.42.